The van der Waals surface area contributed by atoms with Crippen LogP contribution in [0.3, 0.4) is 0 Å². The van der Waals surface area contributed by atoms with E-state index in [2.05, 4.69) is 447 Å². The summed E-state index contributed by atoms with van der Waals surface area (Å²) in [4.78, 5) is 0. The second-order valence-corrected chi connectivity index (χ2v) is 1090. The van der Waals surface area contributed by atoms with Crippen LogP contribution in [0.15, 0.2) is 0 Å². The monoisotopic (exact) mass is 5960 g/mol. The van der Waals surface area contributed by atoms with Crippen molar-refractivity contribution >= 4 is 620 Å². The van der Waals surface area contributed by atoms with Crippen LogP contribution in [-0.2, 0) is 0 Å². The Hall–Kier alpha value is 34.3. The second kappa shape index (κ2) is 49.2. The van der Waals surface area contributed by atoms with Crippen molar-refractivity contribution in [3.05, 3.63) is 0 Å². The zero-order chi connectivity index (χ0) is 37.4. The molecule has 47 heavy (non-hydrogen) atoms. The molecule has 0 aromatic rings. The van der Waals surface area contributed by atoms with Crippen LogP contribution in [0.1, 0.15) is 0 Å². The Morgan fingerprint density at radius 3 is 0.447 bits per heavy atom. The van der Waals surface area contributed by atoms with Gasteiger partial charge in [0, 0.05) is 0 Å². The van der Waals surface area contributed by atoms with Gasteiger partial charge < -0.3 is 0 Å². The van der Waals surface area contributed by atoms with Gasteiger partial charge in [-0.3, -0.25) is 0 Å². The average Bonchev–Trinajstić information content (AvgIpc) is 3.07. The van der Waals surface area contributed by atoms with Crippen LogP contribution >= 0.6 is 620 Å². The molecule has 0 saturated heterocycles. The van der Waals surface area contributed by atoms with Crippen molar-refractivity contribution in [2.75, 3.05) is 0 Å². The molecular formula is I47-. The molecule has 0 atom stereocenters. The van der Waals surface area contributed by atoms with E-state index in [1.165, 1.54) is 0 Å². The maximum atomic E-state index is 3.38. The van der Waals surface area contributed by atoms with E-state index in [9.17, 15) is 0 Å². The fourth-order valence-electron chi connectivity index (χ4n) is 0.633. The molecule has 0 nitrogen and oxygen atoms in total. The Labute approximate surface area is 596 Å². The molecule has 0 aliphatic carbocycles. The predicted octanol–water partition coefficient (Wildman–Crippen LogP) is 37.7. The van der Waals surface area contributed by atoms with E-state index in [4.69, 9.17) is 0 Å². The third kappa shape index (κ3) is 34.0. The number of hydrogen-bond acceptors (Lipinski definition) is 0. The Kier molecular flexibility index (Phi) is 85.1. The van der Waals surface area contributed by atoms with Gasteiger partial charge in [0.2, 0.25) is 0 Å². The van der Waals surface area contributed by atoms with Gasteiger partial charge in [0.25, 0.3) is 0 Å². The van der Waals surface area contributed by atoms with E-state index in [-0.39, 0.29) is 0 Å². The molecule has 0 bridgehead atoms. The molecule has 0 unspecified atom stereocenters. The van der Waals surface area contributed by atoms with Crippen molar-refractivity contribution in [3.63, 3.8) is 0 Å². The van der Waals surface area contributed by atoms with Crippen LogP contribution in [0.2, 0.25) is 0 Å². The van der Waals surface area contributed by atoms with E-state index in [1.807, 2.05) is 0 Å². The molecule has 0 rings (SSSR count). The van der Waals surface area contributed by atoms with Gasteiger partial charge in [-0.2, -0.15) is 0 Å². The molecule has 47 heteroatoms. The number of hydrogen-bond donors (Lipinski definition) is 0. The van der Waals surface area contributed by atoms with Crippen LogP contribution in [0.4, 0.5) is 0 Å². The molecule has 0 spiro atoms. The minimum atomic E-state index is -0.565. The van der Waals surface area contributed by atoms with Crippen molar-refractivity contribution in [2.45, 2.75) is 0 Å². The zero-order valence-electron chi connectivity index (χ0n) is 17.8. The van der Waals surface area contributed by atoms with E-state index in [0.717, 1.165) is 0 Å². The van der Waals surface area contributed by atoms with Gasteiger partial charge in [-0.1, -0.05) is 0 Å². The SMILES string of the molecule is I[I-]I(I)I(I)I(I)I(I)I(I)I(I)I(I)I(I)I(I)I(I)I(I)I(I)I(I)I(I)I(I)I(I)I(I)I(I)I(I)I(I)I(I)I(I)I. The Morgan fingerprint density at radius 2 is 0.319 bits per heavy atom. The first-order valence-electron chi connectivity index (χ1n) is 6.57. The topological polar surface area (TPSA) is 0 Å². The van der Waals surface area contributed by atoms with Crippen LogP contribution in [0.5, 0.6) is 0 Å². The van der Waals surface area contributed by atoms with Crippen LogP contribution in [0.25, 0.3) is 0 Å². The molecule has 0 aliphatic rings. The molecule has 0 radical (unpaired) electrons. The van der Waals surface area contributed by atoms with Crippen molar-refractivity contribution in [2.24, 2.45) is 0 Å². The fourth-order valence-corrected chi connectivity index (χ4v) is 8590. The fraction of sp³-hybridized carbons (Fsp3) is 0. The molecule has 0 aliphatic heterocycles. The summed E-state index contributed by atoms with van der Waals surface area (Å²) in [5.74, 6) is 0. The first kappa shape index (κ1) is 81.3. The van der Waals surface area contributed by atoms with E-state index < -0.39 is 174 Å². The minimum absolute atomic E-state index is 0.393. The van der Waals surface area contributed by atoms with Gasteiger partial charge in [0.15, 0.2) is 0 Å². The molecule has 0 saturated carbocycles. The molecule has 0 aromatic carbocycles. The Balaban J connectivity index is 5.52. The number of rotatable bonds is 22. The van der Waals surface area contributed by atoms with Gasteiger partial charge in [-0.15, -0.1) is 0 Å². The van der Waals surface area contributed by atoms with Crippen LogP contribution in [0, 0.1) is 0 Å². The zero-order valence-corrected chi connectivity index (χ0v) is 119. The average molecular weight is 5960 g/mol. The van der Waals surface area contributed by atoms with Gasteiger partial charge in [-0.25, -0.2) is 0 Å². The summed E-state index contributed by atoms with van der Waals surface area (Å²) in [6.07, 6.45) is 0. The third-order valence-corrected chi connectivity index (χ3v) is 3550. The van der Waals surface area contributed by atoms with Gasteiger partial charge in [0.1, 0.15) is 0 Å². The molecule has 0 amide bonds. The van der Waals surface area contributed by atoms with Crippen molar-refractivity contribution in [3.8, 4) is 0 Å². The summed E-state index contributed by atoms with van der Waals surface area (Å²) in [5.41, 5.74) is 0. The quantitative estimate of drug-likeness (QED) is 0.0948. The Bertz CT molecular complexity index is 811. The van der Waals surface area contributed by atoms with Gasteiger partial charge >= 0.3 is 634 Å². The summed E-state index contributed by atoms with van der Waals surface area (Å²) < 4.78 is 0. The number of halogens is 47. The van der Waals surface area contributed by atoms with E-state index in [0.29, 0.717) is 13.3 Å². The molecular weight excluding hydrogens is 5960 g/mol. The summed E-state index contributed by atoms with van der Waals surface area (Å²) in [6, 6.07) is 0. The van der Waals surface area contributed by atoms with Crippen molar-refractivity contribution in [1.29, 1.82) is 0 Å². The standard InChI is InChI=1S/I47/c1-25-27(4)29(6)31(8)33(10)35(12)37(14)39(16)41(18)43(20)45(22)47(24)46(23)44(21)42(19)40(17)38(15)36(13)34(11)32(9)30(7)28(5)26(2)3/q-1. The van der Waals surface area contributed by atoms with Crippen molar-refractivity contribution < 1.29 is 13.3 Å². The van der Waals surface area contributed by atoms with Crippen molar-refractivity contribution in [1.82, 2.24) is 0 Å². The first-order valence-corrected chi connectivity index (χ1v) is 296. The molecule has 0 heterocycles. The summed E-state index contributed by atoms with van der Waals surface area (Å²) in [5, 5.41) is 0. The molecule has 0 aromatic heterocycles. The maximum absolute atomic E-state index is 3.38. The second-order valence-electron chi connectivity index (χ2n) is 3.62. The molecule has 330 valence electrons. The van der Waals surface area contributed by atoms with Crippen LogP contribution < -0.4 is 13.3 Å². The third-order valence-electron chi connectivity index (χ3n) is 1.76. The van der Waals surface area contributed by atoms with Gasteiger partial charge in [-0.05, 0) is 0 Å². The molecule has 0 N–H and O–H groups in total. The normalized spacial score (nSPS) is 18.7. The summed E-state index contributed by atoms with van der Waals surface area (Å²) in [7, 11) is -11.4. The van der Waals surface area contributed by atoms with E-state index >= 15 is 0 Å². The Morgan fingerprint density at radius 1 is 0.191 bits per heavy atom. The van der Waals surface area contributed by atoms with Gasteiger partial charge in [0.05, 0.1) is 0 Å². The predicted molar refractivity (Wildman–Crippen MR) is 645 cm³/mol. The first-order chi connectivity index (χ1) is 21.4. The van der Waals surface area contributed by atoms with Crippen LogP contribution in [-0.4, -0.2) is 0 Å². The molecule has 0 fully saturated rings. The summed E-state index contributed by atoms with van der Waals surface area (Å²) >= 11 is 78.9. The van der Waals surface area contributed by atoms with E-state index in [1.54, 1.807) is 0 Å². The summed E-state index contributed by atoms with van der Waals surface area (Å²) in [6.45, 7) is 0.